The van der Waals surface area contributed by atoms with Gasteiger partial charge in [0.15, 0.2) is 5.69 Å². The molecule has 1 heterocycles. The SMILES string of the molecule is CCCC[N+]1(c2cc(C)ccc2C)C=Nc2ccccc21.[I-]. The van der Waals surface area contributed by atoms with E-state index in [0.29, 0.717) is 0 Å². The summed E-state index contributed by atoms with van der Waals surface area (Å²) in [7, 11) is 0. The molecule has 1 atom stereocenters. The Kier molecular flexibility index (Phi) is 5.40. The topological polar surface area (TPSA) is 12.4 Å². The zero-order valence-electron chi connectivity index (χ0n) is 13.5. The van der Waals surface area contributed by atoms with Crippen molar-refractivity contribution in [1.29, 1.82) is 0 Å². The molecule has 0 bridgehead atoms. The van der Waals surface area contributed by atoms with Gasteiger partial charge in [-0.2, -0.15) is 4.99 Å². The monoisotopic (exact) mass is 406 g/mol. The van der Waals surface area contributed by atoms with Crippen LogP contribution >= 0.6 is 0 Å². The van der Waals surface area contributed by atoms with Gasteiger partial charge < -0.3 is 24.0 Å². The number of nitrogens with zero attached hydrogens (tertiary/aromatic N) is 2. The first kappa shape index (κ1) is 17.2. The molecule has 22 heavy (non-hydrogen) atoms. The molecule has 2 nitrogen and oxygen atoms in total. The highest BCUT2D eigenvalue weighted by molar-refractivity contribution is 5.95. The van der Waals surface area contributed by atoms with Crippen molar-refractivity contribution in [2.75, 3.05) is 6.54 Å². The maximum Gasteiger partial charge on any atom is 0.201 e. The second-order valence-electron chi connectivity index (χ2n) is 5.97. The lowest BCUT2D eigenvalue weighted by Crippen LogP contribution is -3.00. The summed E-state index contributed by atoms with van der Waals surface area (Å²) >= 11 is 0. The zero-order chi connectivity index (χ0) is 14.9. The average molecular weight is 406 g/mol. The molecule has 3 rings (SSSR count). The van der Waals surface area contributed by atoms with E-state index in [2.05, 4.69) is 69.6 Å². The van der Waals surface area contributed by atoms with E-state index in [0.717, 1.165) is 16.7 Å². The average Bonchev–Trinajstić information content (AvgIpc) is 2.88. The molecule has 0 aliphatic carbocycles. The molecular weight excluding hydrogens is 383 g/mol. The number of unbranched alkanes of at least 4 members (excludes halogenated alkanes) is 1. The van der Waals surface area contributed by atoms with Gasteiger partial charge in [0.05, 0.1) is 6.54 Å². The van der Waals surface area contributed by atoms with Crippen LogP contribution in [0.15, 0.2) is 47.5 Å². The fourth-order valence-corrected chi connectivity index (χ4v) is 3.18. The number of aryl methyl sites for hydroxylation is 2. The van der Waals surface area contributed by atoms with Crippen LogP contribution in [-0.2, 0) is 0 Å². The minimum atomic E-state index is 0. The van der Waals surface area contributed by atoms with Crippen LogP contribution in [-0.4, -0.2) is 12.9 Å². The number of hydrogen-bond acceptors (Lipinski definition) is 1. The molecule has 0 aromatic heterocycles. The number of quaternary nitrogens is 1. The summed E-state index contributed by atoms with van der Waals surface area (Å²) in [6, 6.07) is 15.3. The minimum absolute atomic E-state index is 0. The first-order valence-corrected chi connectivity index (χ1v) is 7.78. The van der Waals surface area contributed by atoms with Crippen molar-refractivity contribution in [3.8, 4) is 0 Å². The van der Waals surface area contributed by atoms with Crippen molar-refractivity contribution < 1.29 is 24.0 Å². The maximum atomic E-state index is 4.70. The second kappa shape index (κ2) is 6.92. The molecule has 0 spiro atoms. The van der Waals surface area contributed by atoms with Crippen LogP contribution in [0.25, 0.3) is 0 Å². The number of benzene rings is 2. The molecule has 0 amide bonds. The van der Waals surface area contributed by atoms with Crippen LogP contribution in [0.1, 0.15) is 30.9 Å². The number of rotatable bonds is 4. The first-order chi connectivity index (χ1) is 10.2. The minimum Gasteiger partial charge on any atom is -1.00 e. The predicted molar refractivity (Wildman–Crippen MR) is 91.7 cm³/mol. The third-order valence-electron chi connectivity index (χ3n) is 4.36. The third-order valence-corrected chi connectivity index (χ3v) is 4.36. The van der Waals surface area contributed by atoms with Crippen LogP contribution in [0.4, 0.5) is 17.1 Å². The fraction of sp³-hybridized carbons (Fsp3) is 0.316. The van der Waals surface area contributed by atoms with E-state index in [-0.39, 0.29) is 24.0 Å². The summed E-state index contributed by atoms with van der Waals surface area (Å²) in [5, 5.41) is 0. The Labute approximate surface area is 150 Å². The number of hydrogen-bond donors (Lipinski definition) is 0. The van der Waals surface area contributed by atoms with Crippen molar-refractivity contribution in [3.63, 3.8) is 0 Å². The predicted octanol–water partition coefficient (Wildman–Crippen LogP) is 2.42. The lowest BCUT2D eigenvalue weighted by Gasteiger charge is -2.32. The van der Waals surface area contributed by atoms with Gasteiger partial charge in [0.25, 0.3) is 0 Å². The standard InChI is InChI=1S/C19H23N2.HI/c1-4-5-12-21(19-13-15(2)10-11-16(19)3)14-20-17-8-6-7-9-18(17)21;/h6-11,13-14H,4-5,12H2,1-3H3;1H/q+1;/p-1. The number of fused-ring (bicyclic) bond motifs is 1. The molecule has 116 valence electrons. The molecule has 2 aromatic carbocycles. The summed E-state index contributed by atoms with van der Waals surface area (Å²) in [6.07, 6.45) is 4.51. The van der Waals surface area contributed by atoms with Crippen molar-refractivity contribution in [3.05, 3.63) is 53.6 Å². The van der Waals surface area contributed by atoms with Crippen LogP contribution in [0, 0.1) is 13.8 Å². The molecule has 1 unspecified atom stereocenters. The molecule has 1 aliphatic heterocycles. The number of halogens is 1. The lowest BCUT2D eigenvalue weighted by atomic mass is 10.1. The van der Waals surface area contributed by atoms with E-state index >= 15 is 0 Å². The molecule has 1 aliphatic rings. The second-order valence-corrected chi connectivity index (χ2v) is 5.97. The Balaban J connectivity index is 0.00000176. The number of para-hydroxylation sites is 2. The highest BCUT2D eigenvalue weighted by atomic mass is 127. The smallest absolute Gasteiger partial charge is 0.201 e. The molecule has 0 N–H and O–H groups in total. The van der Waals surface area contributed by atoms with Crippen LogP contribution in [0.2, 0.25) is 0 Å². The van der Waals surface area contributed by atoms with Gasteiger partial charge in [0.2, 0.25) is 6.34 Å². The van der Waals surface area contributed by atoms with E-state index in [1.807, 2.05) is 0 Å². The highest BCUT2D eigenvalue weighted by Gasteiger charge is 2.39. The van der Waals surface area contributed by atoms with Crippen LogP contribution in [0.5, 0.6) is 0 Å². The van der Waals surface area contributed by atoms with E-state index in [4.69, 9.17) is 4.99 Å². The molecule has 3 heteroatoms. The summed E-state index contributed by atoms with van der Waals surface area (Å²) in [4.78, 5) is 4.70. The van der Waals surface area contributed by atoms with Crippen LogP contribution < -0.4 is 28.5 Å². The van der Waals surface area contributed by atoms with Gasteiger partial charge >= 0.3 is 0 Å². The summed E-state index contributed by atoms with van der Waals surface area (Å²) in [5.41, 5.74) is 6.41. The van der Waals surface area contributed by atoms with Crippen molar-refractivity contribution in [2.24, 2.45) is 4.99 Å². The summed E-state index contributed by atoms with van der Waals surface area (Å²) < 4.78 is 0.761. The van der Waals surface area contributed by atoms with E-state index in [9.17, 15) is 0 Å². The lowest BCUT2D eigenvalue weighted by molar-refractivity contribution is -0.00000439. The van der Waals surface area contributed by atoms with Gasteiger partial charge in [-0.05, 0) is 31.9 Å². The molecule has 0 radical (unpaired) electrons. The molecule has 0 saturated carbocycles. The van der Waals surface area contributed by atoms with Gasteiger partial charge in [-0.3, -0.25) is 0 Å². The Hall–Kier alpha value is -1.20. The van der Waals surface area contributed by atoms with Gasteiger partial charge in [0.1, 0.15) is 11.4 Å². The zero-order valence-corrected chi connectivity index (χ0v) is 15.7. The van der Waals surface area contributed by atoms with Crippen molar-refractivity contribution in [2.45, 2.75) is 33.6 Å². The third kappa shape index (κ3) is 2.84. The van der Waals surface area contributed by atoms with Gasteiger partial charge in [-0.15, -0.1) is 0 Å². The van der Waals surface area contributed by atoms with Gasteiger partial charge in [0, 0.05) is 17.7 Å². The summed E-state index contributed by atoms with van der Waals surface area (Å²) in [6.45, 7) is 7.69. The first-order valence-electron chi connectivity index (χ1n) is 7.78. The fourth-order valence-electron chi connectivity index (χ4n) is 3.18. The Morgan fingerprint density at radius 3 is 2.55 bits per heavy atom. The molecule has 0 fully saturated rings. The molecule has 2 aromatic rings. The van der Waals surface area contributed by atoms with Crippen molar-refractivity contribution in [1.82, 2.24) is 4.48 Å². The van der Waals surface area contributed by atoms with E-state index in [1.54, 1.807) is 0 Å². The van der Waals surface area contributed by atoms with Gasteiger partial charge in [-0.25, -0.2) is 4.48 Å². The maximum absolute atomic E-state index is 4.70. The molecule has 0 saturated heterocycles. The van der Waals surface area contributed by atoms with E-state index in [1.165, 1.54) is 35.3 Å². The van der Waals surface area contributed by atoms with Gasteiger partial charge in [-0.1, -0.05) is 37.6 Å². The van der Waals surface area contributed by atoms with Crippen molar-refractivity contribution >= 4 is 23.4 Å². The quantitative estimate of drug-likeness (QED) is 0.547. The Morgan fingerprint density at radius 2 is 1.77 bits per heavy atom. The van der Waals surface area contributed by atoms with E-state index < -0.39 is 0 Å². The normalized spacial score (nSPS) is 18.9. The number of aliphatic imine (C=N–C) groups is 1. The molecular formula is C19H23IN2. The Bertz CT molecular complexity index is 694. The van der Waals surface area contributed by atoms with Crippen LogP contribution in [0.3, 0.4) is 0 Å². The largest absolute Gasteiger partial charge is 1.00 e. The highest BCUT2D eigenvalue weighted by Crippen LogP contribution is 2.45. The summed E-state index contributed by atoms with van der Waals surface area (Å²) in [5.74, 6) is 0. The Morgan fingerprint density at radius 1 is 1.00 bits per heavy atom.